The molecule has 2 rings (SSSR count). The van der Waals surface area contributed by atoms with Gasteiger partial charge < -0.3 is 15.0 Å². The van der Waals surface area contributed by atoms with Crippen LogP contribution in [0.5, 0.6) is 5.75 Å². The maximum atomic E-state index is 11.8. The molecule has 0 spiro atoms. The van der Waals surface area contributed by atoms with Crippen LogP contribution in [-0.4, -0.2) is 48.9 Å². The summed E-state index contributed by atoms with van der Waals surface area (Å²) in [6.07, 6.45) is 0. The molecule has 2 N–H and O–H groups in total. The Labute approximate surface area is 133 Å². The number of hydrogen-bond donors (Lipinski definition) is 2. The summed E-state index contributed by atoms with van der Waals surface area (Å²) in [5, 5.41) is 13.4. The molecule has 2 amide bonds. The molecule has 0 aliphatic heterocycles. The summed E-state index contributed by atoms with van der Waals surface area (Å²) in [6, 6.07) is 7.57. The third kappa shape index (κ3) is 4.40. The molecule has 1 atom stereocenters. The lowest BCUT2D eigenvalue weighted by Gasteiger charge is -2.25. The summed E-state index contributed by atoms with van der Waals surface area (Å²) >= 11 is 1.27. The topological polar surface area (TPSA) is 79.4 Å². The number of carbonyl (C=O) groups excluding carboxylic acids is 1. The van der Waals surface area contributed by atoms with Crippen molar-refractivity contribution in [2.24, 2.45) is 0 Å². The van der Waals surface area contributed by atoms with E-state index in [4.69, 9.17) is 4.74 Å². The second-order valence-corrected chi connectivity index (χ2v) is 5.66. The van der Waals surface area contributed by atoms with Gasteiger partial charge in [0.1, 0.15) is 11.3 Å². The fourth-order valence-corrected chi connectivity index (χ4v) is 2.42. The molecule has 0 unspecified atom stereocenters. The van der Waals surface area contributed by atoms with Crippen LogP contribution in [0.15, 0.2) is 29.8 Å². The molecule has 0 radical (unpaired) electrons. The van der Waals surface area contributed by atoms with Crippen LogP contribution in [0.1, 0.15) is 11.6 Å². The van der Waals surface area contributed by atoms with E-state index in [-0.39, 0.29) is 12.1 Å². The van der Waals surface area contributed by atoms with Gasteiger partial charge >= 0.3 is 6.03 Å². The van der Waals surface area contributed by atoms with Gasteiger partial charge in [-0.05, 0) is 31.8 Å². The molecule has 0 aliphatic carbocycles. The number of anilines is 1. The average molecular weight is 321 g/mol. The second kappa shape index (κ2) is 7.71. The van der Waals surface area contributed by atoms with Crippen molar-refractivity contribution in [3.63, 3.8) is 0 Å². The molecule has 7 nitrogen and oxygen atoms in total. The van der Waals surface area contributed by atoms with Gasteiger partial charge in [-0.25, -0.2) is 4.79 Å². The number of nitrogens with zero attached hydrogens (tertiary/aromatic N) is 3. The Morgan fingerprint density at radius 2 is 2.09 bits per heavy atom. The number of benzene rings is 1. The number of carbonyl (C=O) groups is 1. The van der Waals surface area contributed by atoms with Crippen LogP contribution in [0.2, 0.25) is 0 Å². The highest BCUT2D eigenvalue weighted by Crippen LogP contribution is 2.20. The van der Waals surface area contributed by atoms with Gasteiger partial charge in [-0.2, -0.15) is 0 Å². The molecule has 0 saturated carbocycles. The Hall–Kier alpha value is -2.19. The van der Waals surface area contributed by atoms with Crippen molar-refractivity contribution in [2.45, 2.75) is 6.04 Å². The van der Waals surface area contributed by atoms with E-state index in [0.29, 0.717) is 11.7 Å². The van der Waals surface area contributed by atoms with Gasteiger partial charge in [0.25, 0.3) is 0 Å². The zero-order valence-corrected chi connectivity index (χ0v) is 13.6. The van der Waals surface area contributed by atoms with Gasteiger partial charge in [0.05, 0.1) is 13.2 Å². The normalized spacial score (nSPS) is 12.0. The first-order valence-corrected chi connectivity index (χ1v) is 7.59. The summed E-state index contributed by atoms with van der Waals surface area (Å²) in [6.45, 7) is 0.476. The number of nitrogens with one attached hydrogen (secondary N) is 2. The summed E-state index contributed by atoms with van der Waals surface area (Å²) in [5.41, 5.74) is 2.66. The SMILES string of the molecule is COc1ccc([C@@H](CNC(=O)Nc2nncs2)N(C)C)cc1. The van der Waals surface area contributed by atoms with E-state index in [1.54, 1.807) is 12.6 Å². The van der Waals surface area contributed by atoms with Crippen molar-refractivity contribution >= 4 is 22.5 Å². The van der Waals surface area contributed by atoms with Crippen LogP contribution in [0.4, 0.5) is 9.93 Å². The number of ether oxygens (including phenoxy) is 1. The van der Waals surface area contributed by atoms with E-state index in [0.717, 1.165) is 11.3 Å². The quantitative estimate of drug-likeness (QED) is 0.850. The molecule has 1 aromatic carbocycles. The lowest BCUT2D eigenvalue weighted by Crippen LogP contribution is -2.36. The Morgan fingerprint density at radius 1 is 1.36 bits per heavy atom. The van der Waals surface area contributed by atoms with E-state index in [9.17, 15) is 4.79 Å². The Bertz CT molecular complexity index is 586. The molecule has 0 bridgehead atoms. The van der Waals surface area contributed by atoms with Gasteiger partial charge in [0.2, 0.25) is 5.13 Å². The van der Waals surface area contributed by atoms with Crippen LogP contribution in [0.3, 0.4) is 0 Å². The van der Waals surface area contributed by atoms with Gasteiger partial charge in [-0.1, -0.05) is 23.5 Å². The van der Waals surface area contributed by atoms with Crippen molar-refractivity contribution in [1.29, 1.82) is 0 Å². The summed E-state index contributed by atoms with van der Waals surface area (Å²) < 4.78 is 5.16. The first-order chi connectivity index (χ1) is 10.6. The van der Waals surface area contributed by atoms with Gasteiger partial charge in [-0.3, -0.25) is 5.32 Å². The number of urea groups is 1. The summed E-state index contributed by atoms with van der Waals surface area (Å²) in [4.78, 5) is 13.9. The maximum Gasteiger partial charge on any atom is 0.321 e. The highest BCUT2D eigenvalue weighted by atomic mass is 32.1. The van der Waals surface area contributed by atoms with Crippen molar-refractivity contribution in [3.8, 4) is 5.75 Å². The lowest BCUT2D eigenvalue weighted by atomic mass is 10.1. The minimum Gasteiger partial charge on any atom is -0.497 e. The number of aromatic nitrogens is 2. The molecular formula is C14H19N5O2S. The predicted molar refractivity (Wildman–Crippen MR) is 86.4 cm³/mol. The minimum absolute atomic E-state index is 0.0612. The molecule has 22 heavy (non-hydrogen) atoms. The van der Waals surface area contributed by atoms with Gasteiger partial charge in [-0.15, -0.1) is 10.2 Å². The van der Waals surface area contributed by atoms with Crippen LogP contribution < -0.4 is 15.4 Å². The van der Waals surface area contributed by atoms with Crippen molar-refractivity contribution in [1.82, 2.24) is 20.4 Å². The highest BCUT2D eigenvalue weighted by molar-refractivity contribution is 7.13. The Morgan fingerprint density at radius 3 is 2.64 bits per heavy atom. The van der Waals surface area contributed by atoms with Crippen molar-refractivity contribution in [3.05, 3.63) is 35.3 Å². The van der Waals surface area contributed by atoms with Crippen LogP contribution in [0, 0.1) is 0 Å². The van der Waals surface area contributed by atoms with Crippen molar-refractivity contribution in [2.75, 3.05) is 33.1 Å². The summed E-state index contributed by atoms with van der Waals surface area (Å²) in [5.74, 6) is 0.809. The largest absolute Gasteiger partial charge is 0.497 e. The third-order valence-electron chi connectivity index (χ3n) is 3.16. The van der Waals surface area contributed by atoms with E-state index < -0.39 is 0 Å². The van der Waals surface area contributed by atoms with Crippen molar-refractivity contribution < 1.29 is 9.53 Å². The van der Waals surface area contributed by atoms with E-state index in [1.165, 1.54) is 11.3 Å². The second-order valence-electron chi connectivity index (χ2n) is 4.83. The molecule has 0 aliphatic rings. The third-order valence-corrected chi connectivity index (χ3v) is 3.77. The first-order valence-electron chi connectivity index (χ1n) is 6.71. The van der Waals surface area contributed by atoms with E-state index in [1.807, 2.05) is 43.3 Å². The minimum atomic E-state index is -0.294. The van der Waals surface area contributed by atoms with Crippen LogP contribution in [0.25, 0.3) is 0 Å². The predicted octanol–water partition coefficient (Wildman–Crippen LogP) is 1.97. The van der Waals surface area contributed by atoms with E-state index >= 15 is 0 Å². The molecule has 0 fully saturated rings. The fraction of sp³-hybridized carbons (Fsp3) is 0.357. The molecule has 118 valence electrons. The first kappa shape index (κ1) is 16.2. The number of amides is 2. The number of methoxy groups -OCH3 is 1. The zero-order chi connectivity index (χ0) is 15.9. The monoisotopic (exact) mass is 321 g/mol. The van der Waals surface area contributed by atoms with Crippen LogP contribution in [-0.2, 0) is 0 Å². The molecular weight excluding hydrogens is 302 g/mol. The van der Waals surface area contributed by atoms with E-state index in [2.05, 4.69) is 20.8 Å². The Kier molecular flexibility index (Phi) is 5.68. The number of likely N-dealkylation sites (N-methyl/N-ethyl adjacent to an activating group) is 1. The highest BCUT2D eigenvalue weighted by Gasteiger charge is 2.15. The molecule has 8 heteroatoms. The van der Waals surface area contributed by atoms with Crippen LogP contribution >= 0.6 is 11.3 Å². The molecule has 2 aromatic rings. The smallest absolute Gasteiger partial charge is 0.321 e. The Balaban J connectivity index is 1.95. The summed E-state index contributed by atoms with van der Waals surface area (Å²) in [7, 11) is 5.58. The number of hydrogen-bond acceptors (Lipinski definition) is 6. The maximum absolute atomic E-state index is 11.8. The lowest BCUT2D eigenvalue weighted by molar-refractivity contribution is 0.243. The number of rotatable bonds is 6. The van der Waals surface area contributed by atoms with Gasteiger partial charge in [0, 0.05) is 6.54 Å². The fourth-order valence-electron chi connectivity index (χ4n) is 1.98. The molecule has 1 aromatic heterocycles. The van der Waals surface area contributed by atoms with Gasteiger partial charge in [0.15, 0.2) is 0 Å². The molecule has 0 saturated heterocycles. The zero-order valence-electron chi connectivity index (χ0n) is 12.7. The average Bonchev–Trinajstić information content (AvgIpc) is 3.00. The molecule has 1 heterocycles. The standard InChI is InChI=1S/C14H19N5O2S/c1-19(2)12(10-4-6-11(21-3)7-5-10)8-15-13(20)17-14-18-16-9-22-14/h4-7,9,12H,8H2,1-3H3,(H2,15,17,18,20)/t12-/m1/s1.